The summed E-state index contributed by atoms with van der Waals surface area (Å²) < 4.78 is 76.0. The second-order valence-corrected chi connectivity index (χ2v) is 16.4. The minimum Gasteiger partial charge on any atom is -0.309 e. The lowest BCUT2D eigenvalue weighted by Crippen LogP contribution is -2.04. The van der Waals surface area contributed by atoms with Crippen LogP contribution in [0.15, 0.2) is 206 Å². The summed E-state index contributed by atoms with van der Waals surface area (Å²) in [6, 6.07) is 49.4. The average Bonchev–Trinajstić information content (AvgIpc) is 3.97. The lowest BCUT2D eigenvalue weighted by atomic mass is 9.91. The molecular formula is C57H34N4S. The van der Waals surface area contributed by atoms with Crippen molar-refractivity contribution in [2.24, 2.45) is 0 Å². The molecule has 288 valence electrons. The number of hydrogen-bond acceptors (Lipinski definition) is 4. The summed E-state index contributed by atoms with van der Waals surface area (Å²) in [5.74, 6) is 1.03. The summed E-state index contributed by atoms with van der Waals surface area (Å²) in [6.07, 6.45) is 0. The van der Waals surface area contributed by atoms with Crippen LogP contribution in [0.2, 0.25) is 0 Å². The third kappa shape index (κ3) is 5.42. The molecule has 10 aromatic carbocycles. The van der Waals surface area contributed by atoms with Gasteiger partial charge in [-0.15, -0.1) is 11.3 Å². The first-order valence-corrected chi connectivity index (χ1v) is 21.1. The van der Waals surface area contributed by atoms with E-state index in [-0.39, 0.29) is 27.6 Å². The quantitative estimate of drug-likeness (QED) is 0.163. The molecule has 4 nitrogen and oxygen atoms in total. The molecule has 0 spiro atoms. The first-order valence-electron chi connectivity index (χ1n) is 24.3. The van der Waals surface area contributed by atoms with Crippen molar-refractivity contribution in [1.29, 1.82) is 0 Å². The van der Waals surface area contributed by atoms with Crippen LogP contribution in [0.3, 0.4) is 0 Å². The van der Waals surface area contributed by atoms with Crippen molar-refractivity contribution in [2.45, 2.75) is 0 Å². The van der Waals surface area contributed by atoms with Gasteiger partial charge >= 0.3 is 0 Å². The fourth-order valence-corrected chi connectivity index (χ4v) is 10.2. The van der Waals surface area contributed by atoms with Crippen LogP contribution in [0.25, 0.3) is 125 Å². The van der Waals surface area contributed by atoms with Crippen LogP contribution in [0.1, 0.15) is 11.0 Å². The predicted octanol–water partition coefficient (Wildman–Crippen LogP) is 15.5. The fraction of sp³-hybridized carbons (Fsp3) is 0. The third-order valence-electron chi connectivity index (χ3n) is 11.9. The second kappa shape index (κ2) is 13.8. The maximum Gasteiger partial charge on any atom is 0.166 e. The summed E-state index contributed by atoms with van der Waals surface area (Å²) in [5.41, 5.74) is 3.94. The molecule has 13 aromatic rings. The van der Waals surface area contributed by atoms with Gasteiger partial charge in [0.1, 0.15) is 0 Å². The summed E-state index contributed by atoms with van der Waals surface area (Å²) in [5, 5.41) is 8.96. The van der Waals surface area contributed by atoms with Crippen LogP contribution in [0.4, 0.5) is 0 Å². The van der Waals surface area contributed by atoms with Crippen LogP contribution in [-0.4, -0.2) is 19.5 Å². The van der Waals surface area contributed by atoms with Crippen LogP contribution in [0, 0.1) is 0 Å². The normalized spacial score (nSPS) is 13.7. The van der Waals surface area contributed by atoms with Gasteiger partial charge in [-0.1, -0.05) is 164 Å². The molecule has 62 heavy (non-hydrogen) atoms. The van der Waals surface area contributed by atoms with E-state index in [0.29, 0.717) is 22.9 Å². The molecule has 3 aromatic heterocycles. The Kier molecular flexibility index (Phi) is 6.16. The van der Waals surface area contributed by atoms with E-state index in [1.807, 2.05) is 72.8 Å². The first kappa shape index (κ1) is 27.7. The molecule has 0 N–H and O–H groups in total. The molecule has 0 saturated heterocycles. The Labute approximate surface area is 371 Å². The highest BCUT2D eigenvalue weighted by atomic mass is 32.1. The largest absolute Gasteiger partial charge is 0.309 e. The van der Waals surface area contributed by atoms with Crippen molar-refractivity contribution in [2.75, 3.05) is 0 Å². The molecule has 0 saturated carbocycles. The summed E-state index contributed by atoms with van der Waals surface area (Å²) in [4.78, 5) is 15.5. The fourth-order valence-electron chi connectivity index (χ4n) is 9.05. The van der Waals surface area contributed by atoms with Gasteiger partial charge in [0, 0.05) is 47.6 Å². The van der Waals surface area contributed by atoms with E-state index in [0.717, 1.165) is 69.4 Å². The van der Waals surface area contributed by atoms with Gasteiger partial charge in [0.25, 0.3) is 0 Å². The number of aromatic nitrogens is 4. The average molecular weight is 815 g/mol. The van der Waals surface area contributed by atoms with Gasteiger partial charge in [-0.05, 0) is 85.9 Å². The molecule has 0 fully saturated rings. The Morgan fingerprint density at radius 1 is 0.355 bits per heavy atom. The van der Waals surface area contributed by atoms with Gasteiger partial charge in [-0.25, -0.2) is 15.0 Å². The van der Waals surface area contributed by atoms with Gasteiger partial charge in [-0.2, -0.15) is 0 Å². The maximum absolute atomic E-state index is 9.38. The zero-order valence-electron chi connectivity index (χ0n) is 40.7. The van der Waals surface area contributed by atoms with Gasteiger partial charge in [0.2, 0.25) is 0 Å². The highest BCUT2D eigenvalue weighted by Gasteiger charge is 2.21. The molecule has 0 aliphatic carbocycles. The molecule has 13 rings (SSSR count). The molecule has 5 heteroatoms. The van der Waals surface area contributed by atoms with Crippen molar-refractivity contribution in [3.8, 4) is 51.0 Å². The highest BCUT2D eigenvalue weighted by molar-refractivity contribution is 7.25. The van der Waals surface area contributed by atoms with Crippen LogP contribution in [-0.2, 0) is 0 Å². The third-order valence-corrected chi connectivity index (χ3v) is 13.0. The number of thiophene rings is 1. The van der Waals surface area contributed by atoms with Crippen molar-refractivity contribution in [3.63, 3.8) is 0 Å². The lowest BCUT2D eigenvalue weighted by molar-refractivity contribution is 1.07. The first-order chi connectivity index (χ1) is 34.0. The van der Waals surface area contributed by atoms with E-state index >= 15 is 0 Å². The smallest absolute Gasteiger partial charge is 0.166 e. The number of rotatable bonds is 5. The number of nitrogens with zero attached hydrogens (tertiary/aromatic N) is 4. The number of para-hydroxylation sites is 2. The maximum atomic E-state index is 9.38. The Hall–Kier alpha value is -7.99. The van der Waals surface area contributed by atoms with E-state index in [4.69, 9.17) is 23.2 Å². The molecule has 0 bridgehead atoms. The van der Waals surface area contributed by atoms with E-state index in [2.05, 4.69) is 84.9 Å². The number of benzene rings is 10. The van der Waals surface area contributed by atoms with E-state index in [1.165, 1.54) is 9.95 Å². The van der Waals surface area contributed by atoms with E-state index in [1.54, 1.807) is 11.3 Å². The van der Waals surface area contributed by atoms with Crippen LogP contribution >= 0.6 is 11.3 Å². The minimum atomic E-state index is -0.513. The molecule has 0 unspecified atom stereocenters. The zero-order valence-corrected chi connectivity index (χ0v) is 33.5. The van der Waals surface area contributed by atoms with Gasteiger partial charge in [0.15, 0.2) is 17.5 Å². The molecule has 0 aliphatic heterocycles. The van der Waals surface area contributed by atoms with Gasteiger partial charge in [-0.3, -0.25) is 0 Å². The topological polar surface area (TPSA) is 43.6 Å². The van der Waals surface area contributed by atoms with Gasteiger partial charge < -0.3 is 4.57 Å². The Balaban J connectivity index is 1.14. The van der Waals surface area contributed by atoms with Crippen LogP contribution < -0.4 is 0 Å². The van der Waals surface area contributed by atoms with E-state index in [9.17, 15) is 2.74 Å². The molecule has 0 radical (unpaired) electrons. The highest BCUT2D eigenvalue weighted by Crippen LogP contribution is 2.42. The molecular weight excluding hydrogens is 773 g/mol. The SMILES string of the molecule is [2H]c1c([2H])c([2H])c2c(c1[2H])c1c([2H])c([2H])c([2H])c([2H])c1n2-c1ccc(-c2ccc3c4ccccc4c4ccccc4c3c2)cc1-c1nc(-c2ccccc2)nc(-c2ccc3c(c2)sc2ccccc23)n1. The number of fused-ring (bicyclic) bond motifs is 12. The Bertz CT molecular complexity index is 4300. The van der Waals surface area contributed by atoms with Crippen molar-refractivity contribution in [3.05, 3.63) is 206 Å². The molecule has 0 aliphatic rings. The summed E-state index contributed by atoms with van der Waals surface area (Å²) in [7, 11) is 0. The van der Waals surface area contributed by atoms with Crippen molar-refractivity contribution in [1.82, 2.24) is 19.5 Å². The van der Waals surface area contributed by atoms with Crippen LogP contribution in [0.5, 0.6) is 0 Å². The standard InChI is InChI=1S/C57H34N4S/c1-2-14-35(15-3-1)55-58-56(38-27-30-47-46-22-10-13-25-53(46)62-54(47)34-38)60-57(59-55)49-33-37(28-31-52(49)61-50-23-11-8-20-44(50)45-21-9-12-24-51(45)61)36-26-29-43-41-18-5-4-16-39(41)40-17-6-7-19-42(40)48(43)32-36/h1-34H/i8D,9D,11D,12D,20D,21D,23D,24D. The zero-order chi connectivity index (χ0) is 47.7. The Morgan fingerprint density at radius 2 is 0.855 bits per heavy atom. The Morgan fingerprint density at radius 3 is 1.56 bits per heavy atom. The monoisotopic (exact) mass is 814 g/mol. The molecule has 0 amide bonds. The lowest BCUT2D eigenvalue weighted by Gasteiger charge is -2.17. The van der Waals surface area contributed by atoms with Crippen molar-refractivity contribution >= 4 is 85.6 Å². The second-order valence-electron chi connectivity index (χ2n) is 15.3. The summed E-state index contributed by atoms with van der Waals surface area (Å²) in [6.45, 7) is 0. The molecule has 3 heterocycles. The van der Waals surface area contributed by atoms with Crippen molar-refractivity contribution < 1.29 is 11.0 Å². The van der Waals surface area contributed by atoms with E-state index < -0.39 is 48.3 Å². The number of hydrogen-bond donors (Lipinski definition) is 0. The van der Waals surface area contributed by atoms with Gasteiger partial charge in [0.05, 0.1) is 27.7 Å². The minimum absolute atomic E-state index is 0.00108. The molecule has 0 atom stereocenters. The predicted molar refractivity (Wildman–Crippen MR) is 261 cm³/mol. The summed E-state index contributed by atoms with van der Waals surface area (Å²) >= 11 is 1.69.